The van der Waals surface area contributed by atoms with Gasteiger partial charge < -0.3 is 0 Å². The molecule has 4 nitrogen and oxygen atoms in total. The van der Waals surface area contributed by atoms with Gasteiger partial charge in [-0.3, -0.25) is 0 Å². The number of carbonyl (C=O) groups excluding carboxylic acids is 2. The number of benzene rings is 1. The Labute approximate surface area is 145 Å². The van der Waals surface area contributed by atoms with Crippen molar-refractivity contribution < 1.29 is 9.59 Å². The quantitative estimate of drug-likeness (QED) is 0.579. The minimum absolute atomic E-state index is 0.180. The molecule has 0 atom stereocenters. The molecular weight excluding hydrogens is 410 g/mol. The number of rotatable bonds is 8. The van der Waals surface area contributed by atoms with E-state index in [2.05, 4.69) is 0 Å². The average molecular weight is 434 g/mol. The van der Waals surface area contributed by atoms with Crippen molar-refractivity contribution in [3.63, 3.8) is 0 Å². The van der Waals surface area contributed by atoms with Crippen LogP contribution in [0, 0.1) is 0 Å². The molecular formula is C16H24N2O2Se2. The van der Waals surface area contributed by atoms with Gasteiger partial charge in [-0.2, -0.15) is 0 Å². The van der Waals surface area contributed by atoms with Gasteiger partial charge >= 0.3 is 146 Å². The molecule has 2 amide bonds. The molecule has 6 heteroatoms. The second-order valence-corrected chi connectivity index (χ2v) is 8.85. The molecule has 0 saturated carbocycles. The number of amides is 2. The summed E-state index contributed by atoms with van der Waals surface area (Å²) in [5.74, 6) is 0. The van der Waals surface area contributed by atoms with Crippen LogP contribution >= 0.6 is 0 Å². The fourth-order valence-corrected chi connectivity index (χ4v) is 5.48. The summed E-state index contributed by atoms with van der Waals surface area (Å²) in [5, 5.41) is 0. The Morgan fingerprint density at radius 1 is 0.727 bits per heavy atom. The summed E-state index contributed by atoms with van der Waals surface area (Å²) in [6.07, 6.45) is 0. The summed E-state index contributed by atoms with van der Waals surface area (Å²) in [5.41, 5.74) is 0. The monoisotopic (exact) mass is 436 g/mol. The van der Waals surface area contributed by atoms with Crippen LogP contribution in [0.15, 0.2) is 24.3 Å². The van der Waals surface area contributed by atoms with E-state index >= 15 is 0 Å². The molecule has 0 unspecified atom stereocenters. The number of hydrogen-bond donors (Lipinski definition) is 0. The minimum atomic E-state index is -0.180. The van der Waals surface area contributed by atoms with E-state index in [0.29, 0.717) is 0 Å². The molecule has 0 heterocycles. The van der Waals surface area contributed by atoms with Crippen LogP contribution < -0.4 is 8.92 Å². The van der Waals surface area contributed by atoms with E-state index in [9.17, 15) is 9.59 Å². The first kappa shape index (κ1) is 19.2. The normalized spacial score (nSPS) is 10.4. The molecule has 0 fully saturated rings. The van der Waals surface area contributed by atoms with Gasteiger partial charge in [0.05, 0.1) is 0 Å². The van der Waals surface area contributed by atoms with Crippen LogP contribution in [-0.4, -0.2) is 75.5 Å². The second-order valence-electron chi connectivity index (χ2n) is 4.55. The number of carbonyl (C=O) groups is 2. The van der Waals surface area contributed by atoms with Crippen molar-refractivity contribution in [2.45, 2.75) is 27.7 Å². The Bertz CT molecular complexity index is 438. The summed E-state index contributed by atoms with van der Waals surface area (Å²) in [7, 11) is 0. The summed E-state index contributed by atoms with van der Waals surface area (Å²) < 4.78 is 2.14. The van der Waals surface area contributed by atoms with Crippen LogP contribution in [0.4, 0.5) is 9.59 Å². The molecule has 1 rings (SSSR count). The summed E-state index contributed by atoms with van der Waals surface area (Å²) in [6, 6.07) is 7.98. The Morgan fingerprint density at radius 2 is 1.00 bits per heavy atom. The van der Waals surface area contributed by atoms with Gasteiger partial charge in [0.2, 0.25) is 0 Å². The van der Waals surface area contributed by atoms with E-state index in [1.54, 1.807) is 0 Å². The van der Waals surface area contributed by atoms with Gasteiger partial charge in [0.1, 0.15) is 0 Å². The third-order valence-corrected chi connectivity index (χ3v) is 7.22. The summed E-state index contributed by atoms with van der Waals surface area (Å²) in [4.78, 5) is 28.4. The predicted octanol–water partition coefficient (Wildman–Crippen LogP) is 1.27. The fraction of sp³-hybridized carbons (Fsp3) is 0.500. The van der Waals surface area contributed by atoms with Crippen LogP contribution in [0.2, 0.25) is 0 Å². The molecule has 0 aliphatic carbocycles. The summed E-state index contributed by atoms with van der Waals surface area (Å²) >= 11 is -0.360. The molecule has 0 spiro atoms. The van der Waals surface area contributed by atoms with Crippen LogP contribution in [0.5, 0.6) is 0 Å². The van der Waals surface area contributed by atoms with E-state index in [-0.39, 0.29) is 39.5 Å². The van der Waals surface area contributed by atoms with Crippen LogP contribution in [0.3, 0.4) is 0 Å². The molecule has 0 saturated heterocycles. The fourth-order valence-electron chi connectivity index (χ4n) is 1.87. The first-order valence-electron chi connectivity index (χ1n) is 7.59. The van der Waals surface area contributed by atoms with Crippen molar-refractivity contribution in [2.24, 2.45) is 0 Å². The molecule has 0 bridgehead atoms. The molecule has 0 aliphatic heterocycles. The van der Waals surface area contributed by atoms with Crippen molar-refractivity contribution in [3.05, 3.63) is 24.3 Å². The van der Waals surface area contributed by atoms with Gasteiger partial charge in [-0.25, -0.2) is 0 Å². The molecule has 122 valence electrons. The topological polar surface area (TPSA) is 40.6 Å². The van der Waals surface area contributed by atoms with Crippen molar-refractivity contribution in [2.75, 3.05) is 26.2 Å². The van der Waals surface area contributed by atoms with E-state index < -0.39 is 0 Å². The van der Waals surface area contributed by atoms with Crippen molar-refractivity contribution in [1.29, 1.82) is 0 Å². The predicted molar refractivity (Wildman–Crippen MR) is 93.9 cm³/mol. The average Bonchev–Trinajstić information content (AvgIpc) is 2.51. The Morgan fingerprint density at radius 3 is 1.23 bits per heavy atom. The third kappa shape index (κ3) is 5.77. The van der Waals surface area contributed by atoms with Gasteiger partial charge in [-0.05, 0) is 0 Å². The Balaban J connectivity index is 2.63. The molecule has 1 aromatic carbocycles. The van der Waals surface area contributed by atoms with Crippen molar-refractivity contribution >= 4 is 48.4 Å². The van der Waals surface area contributed by atoms with E-state index in [0.717, 1.165) is 35.1 Å². The van der Waals surface area contributed by atoms with Gasteiger partial charge in [-0.1, -0.05) is 0 Å². The molecule has 0 N–H and O–H groups in total. The standard InChI is InChI=1S/C16H24N2O2Se2/c1-5-17(6-2)15(19)21-13-9-11-14(12-10-13)22-16(20)18(7-3)8-4/h9-12H,5-8H2,1-4H3. The van der Waals surface area contributed by atoms with Gasteiger partial charge in [0.15, 0.2) is 0 Å². The summed E-state index contributed by atoms with van der Waals surface area (Å²) in [6.45, 7) is 11.0. The Hall–Kier alpha value is -0.801. The molecule has 22 heavy (non-hydrogen) atoms. The molecule has 0 radical (unpaired) electrons. The van der Waals surface area contributed by atoms with Gasteiger partial charge in [0, 0.05) is 0 Å². The SMILES string of the molecule is CCN(CC)C(=O)[Se]c1ccc([Se]C(=O)N(CC)CC)cc1. The zero-order valence-electron chi connectivity index (χ0n) is 13.7. The first-order chi connectivity index (χ1) is 10.5. The Kier molecular flexibility index (Phi) is 8.80. The molecule has 0 aromatic heterocycles. The van der Waals surface area contributed by atoms with Crippen LogP contribution in [0.25, 0.3) is 0 Å². The van der Waals surface area contributed by atoms with Crippen LogP contribution in [0.1, 0.15) is 27.7 Å². The zero-order chi connectivity index (χ0) is 16.5. The molecule has 0 aliphatic rings. The number of nitrogens with zero attached hydrogens (tertiary/aromatic N) is 2. The maximum absolute atomic E-state index is 12.1. The maximum atomic E-state index is 12.1. The molecule has 1 aromatic rings. The van der Waals surface area contributed by atoms with E-state index in [1.165, 1.54) is 0 Å². The van der Waals surface area contributed by atoms with E-state index in [1.807, 2.05) is 61.8 Å². The second kappa shape index (κ2) is 10.1. The zero-order valence-corrected chi connectivity index (χ0v) is 17.1. The van der Waals surface area contributed by atoms with Gasteiger partial charge in [-0.15, -0.1) is 0 Å². The van der Waals surface area contributed by atoms with Crippen LogP contribution in [-0.2, 0) is 0 Å². The number of hydrogen-bond acceptors (Lipinski definition) is 2. The van der Waals surface area contributed by atoms with Gasteiger partial charge in [0.25, 0.3) is 0 Å². The van der Waals surface area contributed by atoms with Crippen molar-refractivity contribution in [1.82, 2.24) is 9.80 Å². The first-order valence-corrected chi connectivity index (χ1v) is 11.0. The van der Waals surface area contributed by atoms with E-state index in [4.69, 9.17) is 0 Å². The van der Waals surface area contributed by atoms with Crippen molar-refractivity contribution in [3.8, 4) is 0 Å². The third-order valence-electron chi connectivity index (χ3n) is 3.28.